The van der Waals surface area contributed by atoms with Crippen LogP contribution in [0.25, 0.3) is 0 Å². The third kappa shape index (κ3) is 2.64. The van der Waals surface area contributed by atoms with Crippen LogP contribution in [0.5, 0.6) is 0 Å². The highest BCUT2D eigenvalue weighted by atomic mass is 16.2. The normalized spacial score (nSPS) is 18.7. The number of rotatable bonds is 1. The summed E-state index contributed by atoms with van der Waals surface area (Å²) in [4.78, 5) is 36.3. The predicted octanol–water partition coefficient (Wildman–Crippen LogP) is 1.57. The number of amides is 1. The van der Waals surface area contributed by atoms with Crippen LogP contribution in [0, 0.1) is 18.3 Å². The van der Waals surface area contributed by atoms with Gasteiger partial charge in [0.05, 0.1) is 17.9 Å². The van der Waals surface area contributed by atoms with E-state index in [1.165, 1.54) is 6.07 Å². The fourth-order valence-corrected chi connectivity index (χ4v) is 3.91. The quantitative estimate of drug-likeness (QED) is 0.844. The van der Waals surface area contributed by atoms with Crippen LogP contribution in [0.2, 0.25) is 0 Å². The minimum absolute atomic E-state index is 0.0175. The standard InChI is InChI=1S/C19H19N5O2/c1-12-8-13(9-20)18(25)22-17(12)19(26)23-10-14-4-3-7-24(14)16-5-2-6-21-15(16)11-23/h2,5-6,8,14H,3-4,7,10-11H2,1H3,(H,22,25)/t14-/m0/s1. The summed E-state index contributed by atoms with van der Waals surface area (Å²) in [7, 11) is 0. The molecule has 1 saturated heterocycles. The summed E-state index contributed by atoms with van der Waals surface area (Å²) < 4.78 is 0. The monoisotopic (exact) mass is 349 g/mol. The third-order valence-electron chi connectivity index (χ3n) is 5.18. The van der Waals surface area contributed by atoms with E-state index in [1.807, 2.05) is 12.1 Å². The summed E-state index contributed by atoms with van der Waals surface area (Å²) in [5.74, 6) is -0.227. The molecule has 2 aromatic rings. The maximum Gasteiger partial charge on any atom is 0.271 e. The van der Waals surface area contributed by atoms with Crippen LogP contribution in [-0.2, 0) is 6.54 Å². The van der Waals surface area contributed by atoms with Gasteiger partial charge in [-0.1, -0.05) is 0 Å². The number of aromatic nitrogens is 2. The summed E-state index contributed by atoms with van der Waals surface area (Å²) in [6.07, 6.45) is 3.86. The maximum atomic E-state index is 13.2. The van der Waals surface area contributed by atoms with Gasteiger partial charge in [0.1, 0.15) is 17.3 Å². The molecule has 7 heteroatoms. The predicted molar refractivity (Wildman–Crippen MR) is 95.9 cm³/mol. The molecular formula is C19H19N5O2. The molecule has 1 fully saturated rings. The molecule has 1 N–H and O–H groups in total. The van der Waals surface area contributed by atoms with Crippen LogP contribution < -0.4 is 10.5 Å². The van der Waals surface area contributed by atoms with Crippen molar-refractivity contribution in [2.75, 3.05) is 18.0 Å². The van der Waals surface area contributed by atoms with E-state index in [2.05, 4.69) is 20.9 Å². The van der Waals surface area contributed by atoms with Crippen molar-refractivity contribution in [1.29, 1.82) is 5.26 Å². The first-order valence-electron chi connectivity index (χ1n) is 8.72. The van der Waals surface area contributed by atoms with Crippen molar-refractivity contribution in [3.63, 3.8) is 0 Å². The number of nitriles is 1. The molecule has 0 saturated carbocycles. The van der Waals surface area contributed by atoms with E-state index in [1.54, 1.807) is 18.0 Å². The number of anilines is 1. The lowest BCUT2D eigenvalue weighted by atomic mass is 10.1. The zero-order chi connectivity index (χ0) is 18.3. The number of nitrogens with zero attached hydrogens (tertiary/aromatic N) is 4. The Kier molecular flexibility index (Phi) is 3.96. The second-order valence-electron chi connectivity index (χ2n) is 6.83. The first-order valence-corrected chi connectivity index (χ1v) is 8.72. The van der Waals surface area contributed by atoms with Gasteiger partial charge in [0.25, 0.3) is 11.5 Å². The third-order valence-corrected chi connectivity index (χ3v) is 5.18. The zero-order valence-corrected chi connectivity index (χ0v) is 14.5. The molecule has 7 nitrogen and oxygen atoms in total. The number of hydrogen-bond acceptors (Lipinski definition) is 5. The van der Waals surface area contributed by atoms with Crippen LogP contribution in [0.15, 0.2) is 29.2 Å². The Hall–Kier alpha value is -3.14. The van der Waals surface area contributed by atoms with E-state index < -0.39 is 5.56 Å². The van der Waals surface area contributed by atoms with Crippen LogP contribution >= 0.6 is 0 Å². The van der Waals surface area contributed by atoms with Gasteiger partial charge < -0.3 is 14.8 Å². The summed E-state index contributed by atoms with van der Waals surface area (Å²) in [6.45, 7) is 3.70. The van der Waals surface area contributed by atoms with Crippen LogP contribution in [0.1, 0.15) is 40.2 Å². The van der Waals surface area contributed by atoms with Crippen molar-refractivity contribution in [1.82, 2.24) is 14.9 Å². The molecule has 0 aliphatic carbocycles. The number of nitrogens with one attached hydrogen (secondary N) is 1. The number of pyridine rings is 2. The maximum absolute atomic E-state index is 13.2. The highest BCUT2D eigenvalue weighted by Gasteiger charge is 2.34. The SMILES string of the molecule is Cc1cc(C#N)c(=O)[nH]c1C(=O)N1Cc2ncccc2N2CCC[C@H]2C1. The smallest absolute Gasteiger partial charge is 0.271 e. The first-order chi connectivity index (χ1) is 12.6. The molecule has 0 unspecified atom stereocenters. The highest BCUT2D eigenvalue weighted by molar-refractivity contribution is 5.94. The Balaban J connectivity index is 1.72. The number of carbonyl (C=O) groups excluding carboxylic acids is 1. The van der Waals surface area contributed by atoms with Gasteiger partial charge >= 0.3 is 0 Å². The van der Waals surface area contributed by atoms with Crippen LogP contribution in [0.3, 0.4) is 0 Å². The molecule has 4 rings (SSSR count). The molecule has 1 amide bonds. The topological polar surface area (TPSA) is 93.1 Å². The largest absolute Gasteiger partial charge is 0.365 e. The van der Waals surface area contributed by atoms with Crippen LogP contribution in [0.4, 0.5) is 5.69 Å². The lowest BCUT2D eigenvalue weighted by Gasteiger charge is -2.27. The second kappa shape index (κ2) is 6.30. The van der Waals surface area contributed by atoms with Crippen molar-refractivity contribution in [3.8, 4) is 6.07 Å². The number of aryl methyl sites for hydroxylation is 1. The first kappa shape index (κ1) is 16.3. The molecule has 4 heterocycles. The lowest BCUT2D eigenvalue weighted by molar-refractivity contribution is 0.0729. The second-order valence-corrected chi connectivity index (χ2v) is 6.83. The van der Waals surface area contributed by atoms with E-state index in [0.29, 0.717) is 18.7 Å². The molecule has 0 aromatic carbocycles. The molecule has 0 spiro atoms. The summed E-state index contributed by atoms with van der Waals surface area (Å²) in [6, 6.07) is 7.56. The van der Waals surface area contributed by atoms with E-state index in [-0.39, 0.29) is 23.2 Å². The molecule has 2 aliphatic heterocycles. The number of H-pyrrole nitrogens is 1. The Morgan fingerprint density at radius 1 is 1.46 bits per heavy atom. The highest BCUT2D eigenvalue weighted by Crippen LogP contribution is 2.32. The summed E-state index contributed by atoms with van der Waals surface area (Å²) >= 11 is 0. The van der Waals surface area contributed by atoms with Gasteiger partial charge in [-0.2, -0.15) is 5.26 Å². The van der Waals surface area contributed by atoms with Crippen molar-refractivity contribution >= 4 is 11.6 Å². The van der Waals surface area contributed by atoms with Gasteiger partial charge in [-0.05, 0) is 43.5 Å². The lowest BCUT2D eigenvalue weighted by Crippen LogP contribution is -2.41. The van der Waals surface area contributed by atoms with Gasteiger partial charge in [-0.3, -0.25) is 14.6 Å². The van der Waals surface area contributed by atoms with Crippen molar-refractivity contribution in [2.45, 2.75) is 32.4 Å². The Morgan fingerprint density at radius 3 is 3.12 bits per heavy atom. The van der Waals surface area contributed by atoms with Crippen molar-refractivity contribution in [2.24, 2.45) is 0 Å². The fraction of sp³-hybridized carbons (Fsp3) is 0.368. The minimum Gasteiger partial charge on any atom is -0.365 e. The minimum atomic E-state index is -0.530. The molecule has 2 aromatic heterocycles. The van der Waals surface area contributed by atoms with E-state index in [4.69, 9.17) is 5.26 Å². The number of aromatic amines is 1. The zero-order valence-electron chi connectivity index (χ0n) is 14.5. The van der Waals surface area contributed by atoms with Gasteiger partial charge in [-0.15, -0.1) is 0 Å². The van der Waals surface area contributed by atoms with E-state index in [9.17, 15) is 9.59 Å². The van der Waals surface area contributed by atoms with Gasteiger partial charge in [0.2, 0.25) is 0 Å². The molecule has 0 radical (unpaired) electrons. The van der Waals surface area contributed by atoms with E-state index in [0.717, 1.165) is 30.8 Å². The van der Waals surface area contributed by atoms with Gasteiger partial charge in [0.15, 0.2) is 0 Å². The van der Waals surface area contributed by atoms with Crippen molar-refractivity contribution in [3.05, 3.63) is 57.3 Å². The average Bonchev–Trinajstić information content (AvgIpc) is 3.04. The molecule has 132 valence electrons. The van der Waals surface area contributed by atoms with Crippen molar-refractivity contribution < 1.29 is 4.79 Å². The Labute approximate surface area is 150 Å². The van der Waals surface area contributed by atoms with Gasteiger partial charge in [0, 0.05) is 25.3 Å². The summed E-state index contributed by atoms with van der Waals surface area (Å²) in [5, 5.41) is 8.99. The molecule has 0 bridgehead atoms. The number of hydrogen-bond donors (Lipinski definition) is 1. The molecular weight excluding hydrogens is 330 g/mol. The van der Waals surface area contributed by atoms with Gasteiger partial charge in [-0.25, -0.2) is 0 Å². The molecule has 2 aliphatic rings. The Morgan fingerprint density at radius 2 is 2.31 bits per heavy atom. The number of carbonyl (C=O) groups is 1. The van der Waals surface area contributed by atoms with E-state index >= 15 is 0 Å². The molecule has 1 atom stereocenters. The fourth-order valence-electron chi connectivity index (χ4n) is 3.91. The van der Waals surface area contributed by atoms with Crippen LogP contribution in [-0.4, -0.2) is 39.9 Å². The number of fused-ring (bicyclic) bond motifs is 3. The summed E-state index contributed by atoms with van der Waals surface area (Å²) in [5.41, 5.74) is 2.30. The molecule has 26 heavy (non-hydrogen) atoms. The Bertz CT molecular complexity index is 975. The average molecular weight is 349 g/mol.